The Morgan fingerprint density at radius 1 is 1.54 bits per heavy atom. The summed E-state index contributed by atoms with van der Waals surface area (Å²) in [6.45, 7) is 0. The zero-order valence-corrected chi connectivity index (χ0v) is 7.45. The highest BCUT2D eigenvalue weighted by atomic mass is 32.1. The molecule has 72 valence electrons. The predicted octanol–water partition coefficient (Wildman–Crippen LogP) is 2.27. The van der Waals surface area contributed by atoms with Crippen LogP contribution >= 0.6 is 11.3 Å². The number of hydrogen-bond acceptors (Lipinski definition) is 2. The van der Waals surface area contributed by atoms with Crippen molar-refractivity contribution < 1.29 is 18.0 Å². The molecule has 0 spiro atoms. The van der Waals surface area contributed by atoms with Crippen molar-refractivity contribution in [3.05, 3.63) is 16.8 Å². The van der Waals surface area contributed by atoms with E-state index >= 15 is 0 Å². The Hall–Kier alpha value is -1.04. The topological polar surface area (TPSA) is 20.3 Å². The molecule has 0 aliphatic rings. The third kappa shape index (κ3) is 2.21. The fourth-order valence-corrected chi connectivity index (χ4v) is 1.43. The summed E-state index contributed by atoms with van der Waals surface area (Å²) in [7, 11) is 1.10. The molecular formula is C7H6F3NOS. The van der Waals surface area contributed by atoms with Gasteiger partial charge in [-0.05, 0) is 11.4 Å². The summed E-state index contributed by atoms with van der Waals surface area (Å²) in [6, 6.07) is 1.45. The number of carbonyl (C=O) groups excluding carboxylic acids is 1. The van der Waals surface area contributed by atoms with Gasteiger partial charge in [-0.1, -0.05) is 0 Å². The second-order valence-electron chi connectivity index (χ2n) is 2.34. The third-order valence-corrected chi connectivity index (χ3v) is 2.11. The number of rotatable bonds is 1. The fourth-order valence-electron chi connectivity index (χ4n) is 0.756. The molecule has 0 saturated heterocycles. The molecule has 0 unspecified atom stereocenters. The largest absolute Gasteiger partial charge is 0.471 e. The van der Waals surface area contributed by atoms with E-state index in [1.807, 2.05) is 0 Å². The van der Waals surface area contributed by atoms with Crippen molar-refractivity contribution in [2.75, 3.05) is 11.9 Å². The van der Waals surface area contributed by atoms with Crippen LogP contribution in [0.25, 0.3) is 0 Å². The molecule has 0 radical (unpaired) electrons. The summed E-state index contributed by atoms with van der Waals surface area (Å²) in [6.07, 6.45) is -4.81. The Morgan fingerprint density at radius 2 is 2.15 bits per heavy atom. The first-order valence-corrected chi connectivity index (χ1v) is 4.24. The minimum absolute atomic E-state index is 0.257. The zero-order valence-electron chi connectivity index (χ0n) is 6.63. The lowest BCUT2D eigenvalue weighted by atomic mass is 10.4. The maximum atomic E-state index is 11.9. The van der Waals surface area contributed by atoms with Gasteiger partial charge in [0.05, 0.1) is 5.69 Å². The lowest BCUT2D eigenvalue weighted by Gasteiger charge is -2.16. The van der Waals surface area contributed by atoms with Gasteiger partial charge in [0, 0.05) is 12.4 Å². The van der Waals surface area contributed by atoms with E-state index in [2.05, 4.69) is 0 Å². The van der Waals surface area contributed by atoms with E-state index in [1.165, 1.54) is 22.8 Å². The molecule has 6 heteroatoms. The van der Waals surface area contributed by atoms with Crippen LogP contribution < -0.4 is 4.90 Å². The molecule has 0 bridgehead atoms. The maximum Gasteiger partial charge on any atom is 0.471 e. The second-order valence-corrected chi connectivity index (χ2v) is 3.12. The summed E-state index contributed by atoms with van der Waals surface area (Å²) in [4.78, 5) is 11.2. The van der Waals surface area contributed by atoms with Gasteiger partial charge in [0.2, 0.25) is 0 Å². The maximum absolute atomic E-state index is 11.9. The van der Waals surface area contributed by atoms with Gasteiger partial charge in [-0.3, -0.25) is 4.79 Å². The average Bonchev–Trinajstić information content (AvgIpc) is 2.51. The molecule has 1 amide bonds. The summed E-state index contributed by atoms with van der Waals surface area (Å²) in [5, 5.41) is 3.08. The first-order chi connectivity index (χ1) is 5.93. The summed E-state index contributed by atoms with van der Waals surface area (Å²) in [5.74, 6) is -1.86. The number of halogens is 3. The van der Waals surface area contributed by atoms with Gasteiger partial charge < -0.3 is 4.90 Å². The van der Waals surface area contributed by atoms with Gasteiger partial charge in [0.25, 0.3) is 0 Å². The Balaban J connectivity index is 2.81. The van der Waals surface area contributed by atoms with Crippen LogP contribution in [0.2, 0.25) is 0 Å². The van der Waals surface area contributed by atoms with Gasteiger partial charge in [-0.25, -0.2) is 0 Å². The summed E-state index contributed by atoms with van der Waals surface area (Å²) >= 11 is 1.23. The standard InChI is InChI=1S/C7H6F3NOS/c1-11(5-2-3-13-4-5)6(12)7(8,9)10/h2-4H,1H3. The lowest BCUT2D eigenvalue weighted by Crippen LogP contribution is -2.38. The molecule has 1 heterocycles. The highest BCUT2D eigenvalue weighted by molar-refractivity contribution is 7.08. The van der Waals surface area contributed by atoms with Crippen LogP contribution in [0.4, 0.5) is 18.9 Å². The molecule has 0 aliphatic carbocycles. The molecule has 0 aromatic carbocycles. The Morgan fingerprint density at radius 3 is 2.54 bits per heavy atom. The van der Waals surface area contributed by atoms with Crippen molar-refractivity contribution in [1.29, 1.82) is 0 Å². The minimum Gasteiger partial charge on any atom is -0.307 e. The zero-order chi connectivity index (χ0) is 10.1. The number of hydrogen-bond donors (Lipinski definition) is 0. The molecule has 1 aromatic heterocycles. The van der Waals surface area contributed by atoms with Gasteiger partial charge in [-0.15, -0.1) is 0 Å². The first kappa shape index (κ1) is 10.0. The van der Waals surface area contributed by atoms with Crippen LogP contribution in [0.5, 0.6) is 0 Å². The molecular weight excluding hydrogens is 203 g/mol. The number of nitrogens with zero attached hydrogens (tertiary/aromatic N) is 1. The molecule has 13 heavy (non-hydrogen) atoms. The molecule has 0 saturated carbocycles. The molecule has 0 N–H and O–H groups in total. The monoisotopic (exact) mass is 209 g/mol. The van der Waals surface area contributed by atoms with Crippen LogP contribution in [-0.2, 0) is 4.79 Å². The second kappa shape index (κ2) is 3.37. The van der Waals surface area contributed by atoms with E-state index in [4.69, 9.17) is 0 Å². The van der Waals surface area contributed by atoms with Crippen LogP contribution in [-0.4, -0.2) is 19.1 Å². The molecule has 2 nitrogen and oxygen atoms in total. The SMILES string of the molecule is CN(C(=O)C(F)(F)F)c1ccsc1. The summed E-state index contributed by atoms with van der Waals surface area (Å²) in [5.41, 5.74) is 0.257. The number of anilines is 1. The van der Waals surface area contributed by atoms with Gasteiger partial charge in [-0.2, -0.15) is 24.5 Å². The minimum atomic E-state index is -4.81. The highest BCUT2D eigenvalue weighted by Crippen LogP contribution is 2.23. The highest BCUT2D eigenvalue weighted by Gasteiger charge is 2.41. The Labute approximate surface area is 76.6 Å². The lowest BCUT2D eigenvalue weighted by molar-refractivity contribution is -0.170. The van der Waals surface area contributed by atoms with E-state index in [-0.39, 0.29) is 5.69 Å². The van der Waals surface area contributed by atoms with Crippen molar-refractivity contribution in [2.24, 2.45) is 0 Å². The molecule has 1 rings (SSSR count). The van der Waals surface area contributed by atoms with Crippen molar-refractivity contribution in [2.45, 2.75) is 6.18 Å². The quantitative estimate of drug-likeness (QED) is 0.694. The van der Waals surface area contributed by atoms with Crippen molar-refractivity contribution in [1.82, 2.24) is 0 Å². The van der Waals surface area contributed by atoms with Crippen molar-refractivity contribution in [3.8, 4) is 0 Å². The van der Waals surface area contributed by atoms with E-state index in [0.29, 0.717) is 4.90 Å². The normalized spacial score (nSPS) is 11.4. The van der Waals surface area contributed by atoms with Crippen molar-refractivity contribution in [3.63, 3.8) is 0 Å². The number of carbonyl (C=O) groups is 1. The van der Waals surface area contributed by atoms with Crippen molar-refractivity contribution >= 4 is 22.9 Å². The van der Waals surface area contributed by atoms with Crippen LogP contribution in [0.1, 0.15) is 0 Å². The van der Waals surface area contributed by atoms with E-state index in [0.717, 1.165) is 7.05 Å². The van der Waals surface area contributed by atoms with Gasteiger partial charge in [0.15, 0.2) is 0 Å². The van der Waals surface area contributed by atoms with E-state index in [9.17, 15) is 18.0 Å². The Kier molecular flexibility index (Phi) is 2.60. The fraction of sp³-hybridized carbons (Fsp3) is 0.286. The molecule has 0 aliphatic heterocycles. The summed E-state index contributed by atoms with van der Waals surface area (Å²) < 4.78 is 35.7. The third-order valence-electron chi connectivity index (χ3n) is 1.44. The van der Waals surface area contributed by atoms with Gasteiger partial charge in [0.1, 0.15) is 0 Å². The van der Waals surface area contributed by atoms with Gasteiger partial charge >= 0.3 is 12.1 Å². The number of amides is 1. The average molecular weight is 209 g/mol. The smallest absolute Gasteiger partial charge is 0.307 e. The molecule has 1 aromatic rings. The van der Waals surface area contributed by atoms with Crippen LogP contribution in [0, 0.1) is 0 Å². The first-order valence-electron chi connectivity index (χ1n) is 3.30. The Bertz CT molecular complexity index is 293. The molecule has 0 atom stereocenters. The van der Waals surface area contributed by atoms with E-state index in [1.54, 1.807) is 5.38 Å². The van der Waals surface area contributed by atoms with Crippen LogP contribution in [0.15, 0.2) is 16.8 Å². The van der Waals surface area contributed by atoms with Crippen LogP contribution in [0.3, 0.4) is 0 Å². The number of thiophene rings is 1. The number of alkyl halides is 3. The molecule has 0 fully saturated rings. The van der Waals surface area contributed by atoms with E-state index < -0.39 is 12.1 Å². The predicted molar refractivity (Wildman–Crippen MR) is 43.8 cm³/mol.